The maximum atomic E-state index is 13.3. The van der Waals surface area contributed by atoms with Crippen LogP contribution in [0.15, 0.2) is 18.2 Å². The quantitative estimate of drug-likeness (QED) is 0.882. The summed E-state index contributed by atoms with van der Waals surface area (Å²) in [4.78, 5) is 24.5. The van der Waals surface area contributed by atoms with Gasteiger partial charge >= 0.3 is 12.0 Å². The minimum Gasteiger partial charge on any atom is -0.481 e. The number of halogens is 2. The third-order valence-electron chi connectivity index (χ3n) is 3.50. The molecule has 1 aliphatic rings. The van der Waals surface area contributed by atoms with Gasteiger partial charge in [0.2, 0.25) is 0 Å². The van der Waals surface area contributed by atoms with E-state index in [-0.39, 0.29) is 10.7 Å². The zero-order valence-electron chi connectivity index (χ0n) is 10.8. The van der Waals surface area contributed by atoms with Gasteiger partial charge in [0.05, 0.1) is 10.9 Å². The topological polar surface area (TPSA) is 69.6 Å². The van der Waals surface area contributed by atoms with Crippen molar-refractivity contribution in [3.63, 3.8) is 0 Å². The number of nitrogens with one attached hydrogen (secondary N) is 1. The molecule has 0 bridgehead atoms. The van der Waals surface area contributed by atoms with Crippen molar-refractivity contribution in [3.05, 3.63) is 29.0 Å². The van der Waals surface area contributed by atoms with E-state index in [1.165, 1.54) is 17.0 Å². The molecule has 0 spiro atoms. The molecule has 1 aromatic carbocycles. The van der Waals surface area contributed by atoms with Crippen LogP contribution in [0.4, 0.5) is 14.9 Å². The fourth-order valence-electron chi connectivity index (χ4n) is 2.33. The Labute approximate surface area is 120 Å². The highest BCUT2D eigenvalue weighted by Crippen LogP contribution is 2.25. The molecular weight excluding hydrogens is 287 g/mol. The molecule has 0 aliphatic carbocycles. The molecule has 2 unspecified atom stereocenters. The van der Waals surface area contributed by atoms with Gasteiger partial charge in [0.15, 0.2) is 0 Å². The minimum atomic E-state index is -0.912. The smallest absolute Gasteiger partial charge is 0.322 e. The second kappa shape index (κ2) is 5.66. The van der Waals surface area contributed by atoms with E-state index in [9.17, 15) is 14.0 Å². The standard InChI is InChI=1S/C13H14ClFN2O3/c1-7-9(12(18)19)4-5-17(7)13(20)16-8-2-3-10(14)11(15)6-8/h2-3,6-7,9H,4-5H2,1H3,(H,16,20)(H,18,19). The summed E-state index contributed by atoms with van der Waals surface area (Å²) in [5, 5.41) is 11.5. The van der Waals surface area contributed by atoms with Gasteiger partial charge in [-0.2, -0.15) is 0 Å². The number of carbonyl (C=O) groups excluding carboxylic acids is 1. The third-order valence-corrected chi connectivity index (χ3v) is 3.81. The number of benzene rings is 1. The van der Waals surface area contributed by atoms with Crippen LogP contribution in [0.5, 0.6) is 0 Å². The van der Waals surface area contributed by atoms with E-state index in [2.05, 4.69) is 5.32 Å². The van der Waals surface area contributed by atoms with Crippen LogP contribution in [-0.2, 0) is 4.79 Å². The molecule has 1 aliphatic heterocycles. The number of anilines is 1. The summed E-state index contributed by atoms with van der Waals surface area (Å²) in [5.74, 6) is -2.10. The van der Waals surface area contributed by atoms with Crippen molar-refractivity contribution < 1.29 is 19.1 Å². The number of hydrogen-bond donors (Lipinski definition) is 2. The summed E-state index contributed by atoms with van der Waals surface area (Å²) in [6, 6.07) is 3.11. The van der Waals surface area contributed by atoms with Crippen molar-refractivity contribution >= 4 is 29.3 Å². The molecule has 0 aromatic heterocycles. The SMILES string of the molecule is CC1C(C(=O)O)CCN1C(=O)Nc1ccc(Cl)c(F)c1. The van der Waals surface area contributed by atoms with Crippen molar-refractivity contribution in [1.82, 2.24) is 4.90 Å². The highest BCUT2D eigenvalue weighted by Gasteiger charge is 2.38. The Balaban J connectivity index is 2.05. The average molecular weight is 301 g/mol. The highest BCUT2D eigenvalue weighted by molar-refractivity contribution is 6.30. The summed E-state index contributed by atoms with van der Waals surface area (Å²) in [5.41, 5.74) is 0.280. The first-order chi connectivity index (χ1) is 9.40. The van der Waals surface area contributed by atoms with Crippen molar-refractivity contribution in [3.8, 4) is 0 Å². The number of rotatable bonds is 2. The molecule has 1 fully saturated rings. The monoisotopic (exact) mass is 300 g/mol. The number of aliphatic carboxylic acids is 1. The maximum Gasteiger partial charge on any atom is 0.322 e. The summed E-state index contributed by atoms with van der Waals surface area (Å²) < 4.78 is 13.3. The number of carboxylic acids is 1. The van der Waals surface area contributed by atoms with Crippen LogP contribution in [-0.4, -0.2) is 34.6 Å². The zero-order valence-corrected chi connectivity index (χ0v) is 11.5. The van der Waals surface area contributed by atoms with Gasteiger partial charge in [-0.3, -0.25) is 4.79 Å². The number of carbonyl (C=O) groups is 2. The first kappa shape index (κ1) is 14.6. The van der Waals surface area contributed by atoms with E-state index >= 15 is 0 Å². The lowest BCUT2D eigenvalue weighted by Gasteiger charge is -2.23. The van der Waals surface area contributed by atoms with E-state index < -0.39 is 29.8 Å². The van der Waals surface area contributed by atoms with Crippen LogP contribution in [0.2, 0.25) is 5.02 Å². The third kappa shape index (κ3) is 2.85. The van der Waals surface area contributed by atoms with Gasteiger partial charge in [-0.25, -0.2) is 9.18 Å². The summed E-state index contributed by atoms with van der Waals surface area (Å²) >= 11 is 5.56. The Bertz CT molecular complexity index is 552. The molecule has 2 rings (SSSR count). The van der Waals surface area contributed by atoms with E-state index in [0.717, 1.165) is 6.07 Å². The van der Waals surface area contributed by atoms with Gasteiger partial charge in [0.1, 0.15) is 5.82 Å². The first-order valence-electron chi connectivity index (χ1n) is 6.15. The molecule has 1 heterocycles. The minimum absolute atomic E-state index is 0.0246. The van der Waals surface area contributed by atoms with Crippen LogP contribution in [0.3, 0.4) is 0 Å². The second-order valence-corrected chi connectivity index (χ2v) is 5.13. The van der Waals surface area contributed by atoms with Crippen LogP contribution in [0, 0.1) is 11.7 Å². The molecule has 1 saturated heterocycles. The highest BCUT2D eigenvalue weighted by atomic mass is 35.5. The molecule has 7 heteroatoms. The van der Waals surface area contributed by atoms with E-state index in [1.807, 2.05) is 0 Å². The van der Waals surface area contributed by atoms with Crippen molar-refractivity contribution in [1.29, 1.82) is 0 Å². The normalized spacial score (nSPS) is 21.9. The van der Waals surface area contributed by atoms with Crippen LogP contribution in [0.1, 0.15) is 13.3 Å². The van der Waals surface area contributed by atoms with Gasteiger partial charge < -0.3 is 15.3 Å². The number of urea groups is 1. The van der Waals surface area contributed by atoms with Gasteiger partial charge in [0, 0.05) is 18.3 Å². The van der Waals surface area contributed by atoms with Crippen molar-refractivity contribution in [2.24, 2.45) is 5.92 Å². The predicted octanol–water partition coefficient (Wildman–Crippen LogP) is 2.81. The lowest BCUT2D eigenvalue weighted by molar-refractivity contribution is -0.142. The number of amides is 2. The summed E-state index contributed by atoms with van der Waals surface area (Å²) in [6.45, 7) is 2.05. The fraction of sp³-hybridized carbons (Fsp3) is 0.385. The number of nitrogens with zero attached hydrogens (tertiary/aromatic N) is 1. The number of likely N-dealkylation sites (tertiary alicyclic amines) is 1. The molecular formula is C13H14ClFN2O3. The predicted molar refractivity (Wildman–Crippen MR) is 72.3 cm³/mol. The van der Waals surface area contributed by atoms with Crippen LogP contribution < -0.4 is 5.32 Å². The van der Waals surface area contributed by atoms with Gasteiger partial charge in [-0.05, 0) is 31.5 Å². The second-order valence-electron chi connectivity index (χ2n) is 4.73. The Hall–Kier alpha value is -1.82. The van der Waals surface area contributed by atoms with Crippen molar-refractivity contribution in [2.75, 3.05) is 11.9 Å². The average Bonchev–Trinajstić information content (AvgIpc) is 2.76. The Morgan fingerprint density at radius 3 is 2.75 bits per heavy atom. The largest absolute Gasteiger partial charge is 0.481 e. The lowest BCUT2D eigenvalue weighted by atomic mass is 10.0. The van der Waals surface area contributed by atoms with Crippen LogP contribution >= 0.6 is 11.6 Å². The Morgan fingerprint density at radius 1 is 1.50 bits per heavy atom. The van der Waals surface area contributed by atoms with E-state index in [0.29, 0.717) is 13.0 Å². The molecule has 1 aromatic rings. The summed E-state index contributed by atoms with van der Waals surface area (Å²) in [6.07, 6.45) is 0.416. The molecule has 2 atom stereocenters. The lowest BCUT2D eigenvalue weighted by Crippen LogP contribution is -2.40. The summed E-state index contributed by atoms with van der Waals surface area (Å²) in [7, 11) is 0. The Morgan fingerprint density at radius 2 is 2.20 bits per heavy atom. The molecule has 108 valence electrons. The molecule has 0 saturated carbocycles. The number of carboxylic acid groups (broad SMARTS) is 1. The molecule has 20 heavy (non-hydrogen) atoms. The van der Waals surface area contributed by atoms with Gasteiger partial charge in [0.25, 0.3) is 0 Å². The van der Waals surface area contributed by atoms with Gasteiger partial charge in [-0.1, -0.05) is 11.6 Å². The molecule has 0 radical (unpaired) electrons. The van der Waals surface area contributed by atoms with E-state index in [4.69, 9.17) is 16.7 Å². The molecule has 2 amide bonds. The molecule has 2 N–H and O–H groups in total. The van der Waals surface area contributed by atoms with Crippen molar-refractivity contribution in [2.45, 2.75) is 19.4 Å². The fourth-order valence-corrected chi connectivity index (χ4v) is 2.44. The maximum absolute atomic E-state index is 13.3. The van der Waals surface area contributed by atoms with Crippen LogP contribution in [0.25, 0.3) is 0 Å². The zero-order chi connectivity index (χ0) is 14.9. The molecule has 5 nitrogen and oxygen atoms in total. The Kier molecular flexibility index (Phi) is 4.13. The van der Waals surface area contributed by atoms with Gasteiger partial charge in [-0.15, -0.1) is 0 Å². The number of hydrogen-bond acceptors (Lipinski definition) is 2. The first-order valence-corrected chi connectivity index (χ1v) is 6.53. The van der Waals surface area contributed by atoms with E-state index in [1.54, 1.807) is 6.92 Å².